The van der Waals surface area contributed by atoms with Gasteiger partial charge >= 0.3 is 0 Å². The molecule has 98 valence electrons. The molecule has 1 atom stereocenters. The molecule has 0 saturated carbocycles. The van der Waals surface area contributed by atoms with Crippen molar-refractivity contribution < 1.29 is 9.47 Å². The number of ether oxygens (including phenoxy) is 2. The fourth-order valence-corrected chi connectivity index (χ4v) is 2.47. The Labute approximate surface area is 108 Å². The molecule has 1 aromatic rings. The fraction of sp³-hybridized carbons (Fsp3) is 0.571. The third kappa shape index (κ3) is 2.76. The first kappa shape index (κ1) is 11.8. The Morgan fingerprint density at radius 3 is 2.44 bits per heavy atom. The number of morpholine rings is 1. The van der Waals surface area contributed by atoms with Gasteiger partial charge in [-0.25, -0.2) is 0 Å². The quantitative estimate of drug-likeness (QED) is 0.883. The van der Waals surface area contributed by atoms with E-state index in [1.165, 1.54) is 11.4 Å². The molecule has 0 aromatic heterocycles. The minimum Gasteiger partial charge on any atom is -0.380 e. The van der Waals surface area contributed by atoms with E-state index in [0.29, 0.717) is 6.04 Å². The summed E-state index contributed by atoms with van der Waals surface area (Å²) in [4.78, 5) is 2.37. The van der Waals surface area contributed by atoms with Crippen LogP contribution in [0.1, 0.15) is 6.42 Å². The molecule has 0 amide bonds. The van der Waals surface area contributed by atoms with Gasteiger partial charge in [0.2, 0.25) is 0 Å². The van der Waals surface area contributed by atoms with Crippen LogP contribution in [0.5, 0.6) is 0 Å². The van der Waals surface area contributed by atoms with Crippen molar-refractivity contribution in [3.8, 4) is 0 Å². The van der Waals surface area contributed by atoms with Crippen LogP contribution >= 0.6 is 0 Å². The lowest BCUT2D eigenvalue weighted by Crippen LogP contribution is -2.36. The first-order chi connectivity index (χ1) is 8.92. The van der Waals surface area contributed by atoms with E-state index in [2.05, 4.69) is 34.5 Å². The highest BCUT2D eigenvalue weighted by Gasteiger charge is 2.15. The maximum absolute atomic E-state index is 5.37. The maximum atomic E-state index is 5.37. The van der Waals surface area contributed by atoms with Crippen molar-refractivity contribution in [3.05, 3.63) is 24.3 Å². The summed E-state index contributed by atoms with van der Waals surface area (Å²) in [7, 11) is 0. The maximum Gasteiger partial charge on any atom is 0.0668 e. The molecule has 0 radical (unpaired) electrons. The second-order valence-corrected chi connectivity index (χ2v) is 4.85. The highest BCUT2D eigenvalue weighted by Crippen LogP contribution is 2.20. The zero-order valence-electron chi connectivity index (χ0n) is 10.6. The SMILES string of the molecule is c1cc(N2CCOCC2)ccc1NC1CCOC1. The summed E-state index contributed by atoms with van der Waals surface area (Å²) in [5, 5.41) is 3.50. The monoisotopic (exact) mass is 248 g/mol. The van der Waals surface area contributed by atoms with Gasteiger partial charge in [0.1, 0.15) is 0 Å². The molecule has 2 fully saturated rings. The van der Waals surface area contributed by atoms with E-state index in [1.54, 1.807) is 0 Å². The molecule has 3 rings (SSSR count). The van der Waals surface area contributed by atoms with Gasteiger partial charge in [0.05, 0.1) is 25.9 Å². The van der Waals surface area contributed by atoms with Crippen LogP contribution in [0.3, 0.4) is 0 Å². The predicted molar refractivity (Wildman–Crippen MR) is 72.3 cm³/mol. The highest BCUT2D eigenvalue weighted by atomic mass is 16.5. The van der Waals surface area contributed by atoms with Crippen molar-refractivity contribution in [2.75, 3.05) is 49.7 Å². The first-order valence-electron chi connectivity index (χ1n) is 6.69. The smallest absolute Gasteiger partial charge is 0.0668 e. The Kier molecular flexibility index (Phi) is 3.67. The van der Waals surface area contributed by atoms with Gasteiger partial charge in [-0.1, -0.05) is 0 Å². The average molecular weight is 248 g/mol. The highest BCUT2D eigenvalue weighted by molar-refractivity contribution is 5.55. The molecule has 1 unspecified atom stereocenters. The number of nitrogens with zero attached hydrogens (tertiary/aromatic N) is 1. The van der Waals surface area contributed by atoms with Crippen LogP contribution in [0.2, 0.25) is 0 Å². The summed E-state index contributed by atoms with van der Waals surface area (Å²) in [6.45, 7) is 5.35. The zero-order valence-corrected chi connectivity index (χ0v) is 10.6. The van der Waals surface area contributed by atoms with E-state index in [4.69, 9.17) is 9.47 Å². The number of hydrogen-bond acceptors (Lipinski definition) is 4. The summed E-state index contributed by atoms with van der Waals surface area (Å²) < 4.78 is 10.7. The van der Waals surface area contributed by atoms with Crippen LogP contribution in [0.25, 0.3) is 0 Å². The molecule has 2 saturated heterocycles. The number of nitrogens with one attached hydrogen (secondary N) is 1. The van der Waals surface area contributed by atoms with Crippen LogP contribution < -0.4 is 10.2 Å². The first-order valence-corrected chi connectivity index (χ1v) is 6.69. The van der Waals surface area contributed by atoms with Gasteiger partial charge in [0.15, 0.2) is 0 Å². The van der Waals surface area contributed by atoms with Crippen molar-refractivity contribution >= 4 is 11.4 Å². The summed E-state index contributed by atoms with van der Waals surface area (Å²) in [5.41, 5.74) is 2.47. The van der Waals surface area contributed by atoms with Crippen LogP contribution in [0.4, 0.5) is 11.4 Å². The molecule has 0 spiro atoms. The molecule has 0 aliphatic carbocycles. The minimum absolute atomic E-state index is 0.472. The minimum atomic E-state index is 0.472. The average Bonchev–Trinajstić information content (AvgIpc) is 2.94. The van der Waals surface area contributed by atoms with Crippen molar-refractivity contribution in [3.63, 3.8) is 0 Å². The molecule has 4 heteroatoms. The van der Waals surface area contributed by atoms with Gasteiger partial charge in [-0.15, -0.1) is 0 Å². The number of rotatable bonds is 3. The Hall–Kier alpha value is -1.26. The standard InChI is InChI=1S/C14H20N2O2/c1-3-14(16-6-9-17-10-7-16)4-2-12(1)15-13-5-8-18-11-13/h1-4,13,15H,5-11H2. The molecule has 2 heterocycles. The van der Waals surface area contributed by atoms with Crippen LogP contribution in [0.15, 0.2) is 24.3 Å². The molecule has 2 aliphatic heterocycles. The van der Waals surface area contributed by atoms with Crippen LogP contribution in [0, 0.1) is 0 Å². The van der Waals surface area contributed by atoms with Crippen molar-refractivity contribution in [1.82, 2.24) is 0 Å². The second kappa shape index (κ2) is 5.59. The number of hydrogen-bond donors (Lipinski definition) is 1. The van der Waals surface area contributed by atoms with Crippen LogP contribution in [-0.4, -0.2) is 45.6 Å². The van der Waals surface area contributed by atoms with Gasteiger partial charge in [0, 0.05) is 31.1 Å². The Bertz CT molecular complexity index is 368. The van der Waals surface area contributed by atoms with E-state index < -0.39 is 0 Å². The Balaban J connectivity index is 1.60. The molecule has 0 bridgehead atoms. The van der Waals surface area contributed by atoms with E-state index in [0.717, 1.165) is 45.9 Å². The van der Waals surface area contributed by atoms with Crippen LogP contribution in [-0.2, 0) is 9.47 Å². The Morgan fingerprint density at radius 1 is 1.00 bits per heavy atom. The third-order valence-electron chi connectivity index (χ3n) is 3.54. The molecule has 18 heavy (non-hydrogen) atoms. The molecule has 2 aliphatic rings. The normalized spacial score (nSPS) is 24.2. The van der Waals surface area contributed by atoms with Gasteiger partial charge in [-0.3, -0.25) is 0 Å². The molecule has 1 aromatic carbocycles. The zero-order chi connectivity index (χ0) is 12.2. The van der Waals surface area contributed by atoms with Crippen molar-refractivity contribution in [1.29, 1.82) is 0 Å². The molecule has 1 N–H and O–H groups in total. The molecule has 4 nitrogen and oxygen atoms in total. The van der Waals surface area contributed by atoms with E-state index in [-0.39, 0.29) is 0 Å². The lowest BCUT2D eigenvalue weighted by molar-refractivity contribution is 0.122. The van der Waals surface area contributed by atoms with Gasteiger partial charge in [-0.2, -0.15) is 0 Å². The summed E-state index contributed by atoms with van der Waals surface area (Å²) in [5.74, 6) is 0. The van der Waals surface area contributed by atoms with Gasteiger partial charge < -0.3 is 19.7 Å². The van der Waals surface area contributed by atoms with E-state index in [9.17, 15) is 0 Å². The Morgan fingerprint density at radius 2 is 1.78 bits per heavy atom. The summed E-state index contributed by atoms with van der Waals surface area (Å²) in [6, 6.07) is 9.15. The number of benzene rings is 1. The second-order valence-electron chi connectivity index (χ2n) is 4.85. The third-order valence-corrected chi connectivity index (χ3v) is 3.54. The molecular weight excluding hydrogens is 228 g/mol. The van der Waals surface area contributed by atoms with Crippen molar-refractivity contribution in [2.45, 2.75) is 12.5 Å². The lowest BCUT2D eigenvalue weighted by atomic mass is 10.2. The fourth-order valence-electron chi connectivity index (χ4n) is 2.47. The van der Waals surface area contributed by atoms with E-state index in [1.807, 2.05) is 0 Å². The topological polar surface area (TPSA) is 33.7 Å². The van der Waals surface area contributed by atoms with E-state index >= 15 is 0 Å². The predicted octanol–water partition coefficient (Wildman–Crippen LogP) is 1.72. The summed E-state index contributed by atoms with van der Waals surface area (Å²) in [6.07, 6.45) is 1.10. The van der Waals surface area contributed by atoms with Gasteiger partial charge in [0.25, 0.3) is 0 Å². The largest absolute Gasteiger partial charge is 0.380 e. The van der Waals surface area contributed by atoms with Gasteiger partial charge in [-0.05, 0) is 30.7 Å². The molecular formula is C14H20N2O2. The van der Waals surface area contributed by atoms with Crippen molar-refractivity contribution in [2.24, 2.45) is 0 Å². The lowest BCUT2D eigenvalue weighted by Gasteiger charge is -2.29. The number of anilines is 2. The summed E-state index contributed by atoms with van der Waals surface area (Å²) >= 11 is 0.